The SMILES string of the molecule is CN(CC(=O)Nc1cc(F)cc(F)c1)C(=O)CC1(C(=O)O)CCC1. The number of benzene rings is 1. The van der Waals surface area contributed by atoms with E-state index in [2.05, 4.69) is 5.32 Å². The van der Waals surface area contributed by atoms with Crippen LogP contribution in [0.2, 0.25) is 0 Å². The van der Waals surface area contributed by atoms with Crippen LogP contribution < -0.4 is 5.32 Å². The molecule has 0 radical (unpaired) electrons. The summed E-state index contributed by atoms with van der Waals surface area (Å²) in [6, 6.07) is 2.59. The van der Waals surface area contributed by atoms with Crippen LogP contribution in [0, 0.1) is 17.0 Å². The number of anilines is 1. The second kappa shape index (κ2) is 6.94. The van der Waals surface area contributed by atoms with E-state index in [0.717, 1.165) is 23.5 Å². The second-order valence-electron chi connectivity index (χ2n) is 6.07. The van der Waals surface area contributed by atoms with Crippen LogP contribution in [-0.2, 0) is 14.4 Å². The van der Waals surface area contributed by atoms with Crippen LogP contribution in [0.4, 0.5) is 14.5 Å². The summed E-state index contributed by atoms with van der Waals surface area (Å²) in [6.45, 7) is -0.341. The number of nitrogens with zero attached hydrogens (tertiary/aromatic N) is 1. The number of carbonyl (C=O) groups is 3. The van der Waals surface area contributed by atoms with Crippen molar-refractivity contribution in [2.45, 2.75) is 25.7 Å². The lowest BCUT2D eigenvalue weighted by Crippen LogP contribution is -2.44. The van der Waals surface area contributed by atoms with Crippen molar-refractivity contribution in [3.05, 3.63) is 29.8 Å². The zero-order valence-electron chi connectivity index (χ0n) is 13.1. The summed E-state index contributed by atoms with van der Waals surface area (Å²) in [5, 5.41) is 11.5. The van der Waals surface area contributed by atoms with E-state index in [9.17, 15) is 28.3 Å². The molecule has 0 saturated heterocycles. The van der Waals surface area contributed by atoms with Crippen LogP contribution in [0.1, 0.15) is 25.7 Å². The third-order valence-electron chi connectivity index (χ3n) is 4.21. The van der Waals surface area contributed by atoms with Crippen molar-refractivity contribution in [3.63, 3.8) is 0 Å². The number of amides is 2. The highest BCUT2D eigenvalue weighted by atomic mass is 19.1. The Hall–Kier alpha value is -2.51. The van der Waals surface area contributed by atoms with Crippen molar-refractivity contribution in [3.8, 4) is 0 Å². The molecule has 0 aliphatic heterocycles. The van der Waals surface area contributed by atoms with Gasteiger partial charge in [-0.05, 0) is 25.0 Å². The summed E-state index contributed by atoms with van der Waals surface area (Å²) < 4.78 is 26.1. The number of aliphatic carboxylic acids is 1. The van der Waals surface area contributed by atoms with E-state index in [-0.39, 0.29) is 18.7 Å². The van der Waals surface area contributed by atoms with Crippen LogP contribution >= 0.6 is 0 Å². The number of halogens is 2. The molecule has 2 rings (SSSR count). The third kappa shape index (κ3) is 4.06. The van der Waals surface area contributed by atoms with Crippen molar-refractivity contribution >= 4 is 23.5 Å². The van der Waals surface area contributed by atoms with Crippen LogP contribution in [0.15, 0.2) is 18.2 Å². The van der Waals surface area contributed by atoms with E-state index in [1.54, 1.807) is 0 Å². The molecule has 130 valence electrons. The molecule has 2 N–H and O–H groups in total. The maximum atomic E-state index is 13.1. The Morgan fingerprint density at radius 3 is 2.25 bits per heavy atom. The fourth-order valence-corrected chi connectivity index (χ4v) is 2.62. The summed E-state index contributed by atoms with van der Waals surface area (Å²) >= 11 is 0. The zero-order valence-corrected chi connectivity index (χ0v) is 13.1. The first kappa shape index (κ1) is 17.8. The van der Waals surface area contributed by atoms with E-state index in [1.807, 2.05) is 0 Å². The number of carboxylic acid groups (broad SMARTS) is 1. The predicted octanol–water partition coefficient (Wildman–Crippen LogP) is 2.01. The fraction of sp³-hybridized carbons (Fsp3) is 0.438. The molecule has 0 atom stereocenters. The normalized spacial score (nSPS) is 15.3. The number of rotatable bonds is 6. The first-order valence-corrected chi connectivity index (χ1v) is 7.45. The van der Waals surface area contributed by atoms with Gasteiger partial charge in [0.2, 0.25) is 11.8 Å². The average Bonchev–Trinajstić information content (AvgIpc) is 2.40. The number of nitrogens with one attached hydrogen (secondary N) is 1. The smallest absolute Gasteiger partial charge is 0.310 e. The number of likely N-dealkylation sites (N-methyl/N-ethyl adjacent to an activating group) is 1. The van der Waals surface area contributed by atoms with Gasteiger partial charge in [-0.3, -0.25) is 14.4 Å². The first-order chi connectivity index (χ1) is 11.2. The standard InChI is InChI=1S/C16H18F2N2O4/c1-20(14(22)8-16(15(23)24)3-2-4-16)9-13(21)19-12-6-10(17)5-11(18)7-12/h5-7H,2-4,8-9H2,1H3,(H,19,21)(H,23,24). The van der Waals surface area contributed by atoms with Gasteiger partial charge in [0.25, 0.3) is 0 Å². The molecule has 1 aromatic carbocycles. The molecule has 0 spiro atoms. The molecular weight excluding hydrogens is 322 g/mol. The second-order valence-corrected chi connectivity index (χ2v) is 6.07. The highest BCUT2D eigenvalue weighted by Gasteiger charge is 2.46. The van der Waals surface area contributed by atoms with Crippen LogP contribution in [0.3, 0.4) is 0 Å². The van der Waals surface area contributed by atoms with Gasteiger partial charge < -0.3 is 15.3 Å². The van der Waals surface area contributed by atoms with Gasteiger partial charge in [0.1, 0.15) is 11.6 Å². The average molecular weight is 340 g/mol. The van der Waals surface area contributed by atoms with E-state index in [0.29, 0.717) is 18.9 Å². The number of hydrogen-bond acceptors (Lipinski definition) is 3. The molecule has 24 heavy (non-hydrogen) atoms. The van der Waals surface area contributed by atoms with Crippen molar-refractivity contribution < 1.29 is 28.3 Å². The summed E-state index contributed by atoms with van der Waals surface area (Å²) in [7, 11) is 1.38. The Kier molecular flexibility index (Phi) is 5.16. The molecule has 0 bridgehead atoms. The summed E-state index contributed by atoms with van der Waals surface area (Å²) in [6.07, 6.45) is 1.48. The summed E-state index contributed by atoms with van der Waals surface area (Å²) in [4.78, 5) is 36.4. The largest absolute Gasteiger partial charge is 0.481 e. The predicted molar refractivity (Wildman–Crippen MR) is 81.2 cm³/mol. The molecule has 1 saturated carbocycles. The summed E-state index contributed by atoms with van der Waals surface area (Å²) in [5.41, 5.74) is -1.09. The topological polar surface area (TPSA) is 86.7 Å². The highest BCUT2D eigenvalue weighted by Crippen LogP contribution is 2.44. The minimum Gasteiger partial charge on any atom is -0.481 e. The highest BCUT2D eigenvalue weighted by molar-refractivity contribution is 5.95. The van der Waals surface area contributed by atoms with Crippen LogP contribution in [0.5, 0.6) is 0 Å². The lowest BCUT2D eigenvalue weighted by atomic mass is 9.66. The van der Waals surface area contributed by atoms with Gasteiger partial charge in [0.15, 0.2) is 0 Å². The van der Waals surface area contributed by atoms with Gasteiger partial charge in [-0.25, -0.2) is 8.78 Å². The number of carbonyl (C=O) groups excluding carboxylic acids is 2. The molecule has 1 aromatic rings. The summed E-state index contributed by atoms with van der Waals surface area (Å²) in [5.74, 6) is -3.76. The molecule has 0 unspecified atom stereocenters. The van der Waals surface area contributed by atoms with Gasteiger partial charge >= 0.3 is 5.97 Å². The van der Waals surface area contributed by atoms with Gasteiger partial charge in [0.05, 0.1) is 12.0 Å². The Bertz CT molecular complexity index is 654. The van der Waals surface area contributed by atoms with Crippen LogP contribution in [0.25, 0.3) is 0 Å². The molecule has 0 aromatic heterocycles. The Morgan fingerprint density at radius 1 is 1.21 bits per heavy atom. The van der Waals surface area contributed by atoms with Gasteiger partial charge in [0, 0.05) is 25.2 Å². The van der Waals surface area contributed by atoms with Gasteiger partial charge in [-0.1, -0.05) is 6.42 Å². The van der Waals surface area contributed by atoms with Crippen molar-refractivity contribution in [1.82, 2.24) is 4.90 Å². The Labute approximate surface area is 137 Å². The molecule has 6 nitrogen and oxygen atoms in total. The lowest BCUT2D eigenvalue weighted by Gasteiger charge is -2.37. The zero-order chi connectivity index (χ0) is 17.9. The molecule has 2 amide bonds. The molecule has 1 aliphatic carbocycles. The van der Waals surface area contributed by atoms with E-state index in [4.69, 9.17) is 0 Å². The van der Waals surface area contributed by atoms with Crippen molar-refractivity contribution in [2.24, 2.45) is 5.41 Å². The Balaban J connectivity index is 1.91. The molecular formula is C16H18F2N2O4. The van der Waals surface area contributed by atoms with Crippen molar-refractivity contribution in [2.75, 3.05) is 18.9 Å². The monoisotopic (exact) mass is 340 g/mol. The van der Waals surface area contributed by atoms with Crippen LogP contribution in [-0.4, -0.2) is 41.4 Å². The lowest BCUT2D eigenvalue weighted by molar-refractivity contribution is -0.159. The molecule has 8 heteroatoms. The number of hydrogen-bond donors (Lipinski definition) is 2. The maximum Gasteiger partial charge on any atom is 0.310 e. The quantitative estimate of drug-likeness (QED) is 0.829. The van der Waals surface area contributed by atoms with Gasteiger partial charge in [-0.15, -0.1) is 0 Å². The molecule has 1 fully saturated rings. The maximum absolute atomic E-state index is 13.1. The minimum absolute atomic E-state index is 0.0562. The van der Waals surface area contributed by atoms with E-state index < -0.39 is 34.8 Å². The van der Waals surface area contributed by atoms with E-state index in [1.165, 1.54) is 7.05 Å². The van der Waals surface area contributed by atoms with E-state index >= 15 is 0 Å². The fourth-order valence-electron chi connectivity index (χ4n) is 2.62. The first-order valence-electron chi connectivity index (χ1n) is 7.45. The Morgan fingerprint density at radius 2 is 1.79 bits per heavy atom. The third-order valence-corrected chi connectivity index (χ3v) is 4.21. The van der Waals surface area contributed by atoms with Crippen molar-refractivity contribution in [1.29, 1.82) is 0 Å². The minimum atomic E-state index is -1.03. The number of carboxylic acids is 1. The molecule has 0 heterocycles. The molecule has 1 aliphatic rings. The van der Waals surface area contributed by atoms with Gasteiger partial charge in [-0.2, -0.15) is 0 Å².